The van der Waals surface area contributed by atoms with Crippen LogP contribution in [0, 0.1) is 0 Å². The molecule has 12 nitrogen and oxygen atoms in total. The van der Waals surface area contributed by atoms with E-state index in [4.69, 9.17) is 32.7 Å². The molecule has 1 aliphatic heterocycles. The molecule has 1 saturated heterocycles. The molecule has 0 aliphatic carbocycles. The lowest BCUT2D eigenvalue weighted by Gasteiger charge is -2.27. The fraction of sp³-hybridized carbons (Fsp3) is 0.282. The van der Waals surface area contributed by atoms with Gasteiger partial charge in [0, 0.05) is 83.5 Å². The Hall–Kier alpha value is -4.12. The zero-order chi connectivity index (χ0) is 39.3. The molecule has 1 fully saturated rings. The molecule has 2 aromatic heterocycles. The van der Waals surface area contributed by atoms with E-state index in [0.717, 1.165) is 23.6 Å². The number of pyridine rings is 2. The number of sulfonamides is 2. The van der Waals surface area contributed by atoms with Crippen molar-refractivity contribution >= 4 is 65.7 Å². The topological polar surface area (TPSA) is 153 Å². The standard InChI is InChI=1S/C39H38Cl2N4O8S2/c1-44(2)55(50,51)35-16-15-33(41)31(24-52-25-34(46)27-11-7-17-42-22-27)36(35)39(38(47)30-12-6-9-26-10-8-18-43-37(26)30)53-23-28-21-29(13-14-32(28)40)54(48,49)45-19-4-3-5-20-45/h6-18,21-22,39H,3-5,19-20,23-25H2,1-2H3. The first-order valence-electron chi connectivity index (χ1n) is 17.3. The highest BCUT2D eigenvalue weighted by Crippen LogP contribution is 2.39. The number of para-hydroxylation sites is 1. The van der Waals surface area contributed by atoms with Gasteiger partial charge >= 0.3 is 0 Å². The predicted molar refractivity (Wildman–Crippen MR) is 208 cm³/mol. The number of hydrogen-bond donors (Lipinski definition) is 0. The summed E-state index contributed by atoms with van der Waals surface area (Å²) in [5.74, 6) is -1.05. The maximum Gasteiger partial charge on any atom is 0.243 e. The molecule has 5 aromatic rings. The maximum atomic E-state index is 14.9. The summed E-state index contributed by atoms with van der Waals surface area (Å²) in [5, 5.41) is 0.863. The number of Topliss-reactive ketones (excluding diaryl/α,β-unsaturated/α-hetero) is 2. The van der Waals surface area contributed by atoms with Crippen molar-refractivity contribution in [2.24, 2.45) is 0 Å². The highest BCUT2D eigenvalue weighted by Gasteiger charge is 2.36. The molecule has 288 valence electrons. The van der Waals surface area contributed by atoms with E-state index in [1.807, 2.05) is 0 Å². The van der Waals surface area contributed by atoms with Gasteiger partial charge in [0.15, 0.2) is 11.6 Å². The average Bonchev–Trinajstić information content (AvgIpc) is 3.19. The highest BCUT2D eigenvalue weighted by molar-refractivity contribution is 7.89. The van der Waals surface area contributed by atoms with Crippen molar-refractivity contribution in [1.82, 2.24) is 18.6 Å². The van der Waals surface area contributed by atoms with E-state index in [1.54, 1.807) is 42.5 Å². The first-order valence-corrected chi connectivity index (χ1v) is 21.0. The number of ketones is 2. The van der Waals surface area contributed by atoms with E-state index in [1.165, 1.54) is 67.3 Å². The van der Waals surface area contributed by atoms with Crippen molar-refractivity contribution in [3.63, 3.8) is 0 Å². The Labute approximate surface area is 330 Å². The van der Waals surface area contributed by atoms with Crippen molar-refractivity contribution in [2.45, 2.75) is 48.4 Å². The zero-order valence-electron chi connectivity index (χ0n) is 30.0. The van der Waals surface area contributed by atoms with Crippen LogP contribution in [-0.4, -0.2) is 80.8 Å². The van der Waals surface area contributed by atoms with E-state index in [2.05, 4.69) is 9.97 Å². The van der Waals surface area contributed by atoms with E-state index in [0.29, 0.717) is 29.6 Å². The van der Waals surface area contributed by atoms with Gasteiger partial charge in [-0.3, -0.25) is 19.6 Å². The Morgan fingerprint density at radius 2 is 1.60 bits per heavy atom. The molecule has 16 heteroatoms. The van der Waals surface area contributed by atoms with E-state index >= 15 is 0 Å². The van der Waals surface area contributed by atoms with Gasteiger partial charge in [0.2, 0.25) is 20.0 Å². The second-order valence-corrected chi connectivity index (χ2v) is 17.9. The number of carbonyl (C=O) groups is 2. The average molecular weight is 826 g/mol. The number of carbonyl (C=O) groups excluding carboxylic acids is 2. The smallest absolute Gasteiger partial charge is 0.243 e. The zero-order valence-corrected chi connectivity index (χ0v) is 33.2. The third-order valence-electron chi connectivity index (χ3n) is 9.26. The van der Waals surface area contributed by atoms with E-state index < -0.39 is 45.1 Å². The minimum atomic E-state index is -4.28. The minimum absolute atomic E-state index is 0.00420. The molecule has 6 rings (SSSR count). The SMILES string of the molecule is CN(C)S(=O)(=O)c1ccc(Cl)c(COCC(=O)c2cccnc2)c1C(OCc1cc(S(=O)(=O)N2CCCCC2)ccc1Cl)C(=O)c1cccc2cccnc12. The molecule has 0 bridgehead atoms. The van der Waals surface area contributed by atoms with Gasteiger partial charge in [-0.05, 0) is 73.0 Å². The third-order valence-corrected chi connectivity index (χ3v) is 13.7. The van der Waals surface area contributed by atoms with Crippen molar-refractivity contribution in [3.8, 4) is 0 Å². The Kier molecular flexibility index (Phi) is 12.8. The van der Waals surface area contributed by atoms with E-state index in [-0.39, 0.29) is 54.5 Å². The summed E-state index contributed by atoms with van der Waals surface area (Å²) < 4.78 is 69.9. The molecule has 1 aliphatic rings. The first kappa shape index (κ1) is 40.5. The van der Waals surface area contributed by atoms with Crippen molar-refractivity contribution < 1.29 is 35.9 Å². The molecule has 3 heterocycles. The van der Waals surface area contributed by atoms with Gasteiger partial charge in [0.1, 0.15) is 12.7 Å². The molecule has 0 saturated carbocycles. The molecular formula is C39H38Cl2N4O8S2. The number of piperidine rings is 1. The number of rotatable bonds is 15. The van der Waals surface area contributed by atoms with Gasteiger partial charge in [-0.25, -0.2) is 21.1 Å². The Balaban J connectivity index is 1.47. The van der Waals surface area contributed by atoms with Crippen molar-refractivity contribution in [1.29, 1.82) is 0 Å². The van der Waals surface area contributed by atoms with Crippen LogP contribution in [0.5, 0.6) is 0 Å². The largest absolute Gasteiger partial charge is 0.369 e. The molecular weight excluding hydrogens is 787 g/mol. The summed E-state index contributed by atoms with van der Waals surface area (Å²) in [6.45, 7) is -0.425. The van der Waals surface area contributed by atoms with Gasteiger partial charge in [-0.1, -0.05) is 47.8 Å². The Morgan fingerprint density at radius 3 is 2.33 bits per heavy atom. The lowest BCUT2D eigenvalue weighted by molar-refractivity contribution is 0.0307. The van der Waals surface area contributed by atoms with Crippen LogP contribution in [0.15, 0.2) is 101 Å². The van der Waals surface area contributed by atoms with Gasteiger partial charge < -0.3 is 9.47 Å². The summed E-state index contributed by atoms with van der Waals surface area (Å²) in [4.78, 5) is 36.0. The second kappa shape index (κ2) is 17.3. The first-order chi connectivity index (χ1) is 26.3. The van der Waals surface area contributed by atoms with Crippen LogP contribution in [0.2, 0.25) is 10.0 Å². The molecule has 1 atom stereocenters. The van der Waals surface area contributed by atoms with Gasteiger partial charge in [0.05, 0.1) is 28.5 Å². The minimum Gasteiger partial charge on any atom is -0.369 e. The molecule has 55 heavy (non-hydrogen) atoms. The molecule has 0 amide bonds. The fourth-order valence-corrected chi connectivity index (χ4v) is 9.41. The van der Waals surface area contributed by atoms with Crippen LogP contribution in [-0.2, 0) is 42.7 Å². The predicted octanol–water partition coefficient (Wildman–Crippen LogP) is 6.90. The molecule has 1 unspecified atom stereocenters. The van der Waals surface area contributed by atoms with Crippen LogP contribution in [0.3, 0.4) is 0 Å². The van der Waals surface area contributed by atoms with Crippen LogP contribution in [0.4, 0.5) is 0 Å². The number of fused-ring (bicyclic) bond motifs is 1. The lowest BCUT2D eigenvalue weighted by Crippen LogP contribution is -2.35. The van der Waals surface area contributed by atoms with Crippen LogP contribution in [0.1, 0.15) is 62.8 Å². The van der Waals surface area contributed by atoms with Gasteiger partial charge in [0.25, 0.3) is 0 Å². The second-order valence-electron chi connectivity index (χ2n) is 13.0. The van der Waals surface area contributed by atoms with Crippen LogP contribution < -0.4 is 0 Å². The highest BCUT2D eigenvalue weighted by atomic mass is 35.5. The number of aromatic nitrogens is 2. The quantitative estimate of drug-likeness (QED) is 0.102. The summed E-state index contributed by atoms with van der Waals surface area (Å²) in [5.41, 5.74) is 0.980. The number of hydrogen-bond acceptors (Lipinski definition) is 10. The summed E-state index contributed by atoms with van der Waals surface area (Å²) in [6.07, 6.45) is 5.21. The lowest BCUT2D eigenvalue weighted by atomic mass is 9.94. The summed E-state index contributed by atoms with van der Waals surface area (Å²) >= 11 is 13.4. The Bertz CT molecular complexity index is 2440. The normalized spacial score (nSPS) is 14.6. The van der Waals surface area contributed by atoms with E-state index in [9.17, 15) is 26.4 Å². The molecule has 0 radical (unpaired) electrons. The molecule has 0 N–H and O–H groups in total. The van der Waals surface area contributed by atoms with Crippen molar-refractivity contribution in [2.75, 3.05) is 33.8 Å². The fourth-order valence-electron chi connectivity index (χ4n) is 6.31. The number of ether oxygens (including phenoxy) is 2. The third kappa shape index (κ3) is 8.82. The summed E-state index contributed by atoms with van der Waals surface area (Å²) in [7, 11) is -5.46. The van der Waals surface area contributed by atoms with Gasteiger partial charge in [-0.15, -0.1) is 0 Å². The summed E-state index contributed by atoms with van der Waals surface area (Å²) in [6, 6.07) is 18.6. The molecule has 3 aromatic carbocycles. The number of nitrogens with zero attached hydrogens (tertiary/aromatic N) is 4. The monoisotopic (exact) mass is 824 g/mol. The number of halogens is 2. The number of benzene rings is 3. The Morgan fingerprint density at radius 1 is 0.873 bits per heavy atom. The van der Waals surface area contributed by atoms with Gasteiger partial charge in [-0.2, -0.15) is 4.31 Å². The van der Waals surface area contributed by atoms with Crippen LogP contribution in [0.25, 0.3) is 10.9 Å². The molecule has 0 spiro atoms. The maximum absolute atomic E-state index is 14.9. The van der Waals surface area contributed by atoms with Crippen LogP contribution >= 0.6 is 23.2 Å². The van der Waals surface area contributed by atoms with Crippen molar-refractivity contribution in [3.05, 3.63) is 129 Å².